The summed E-state index contributed by atoms with van der Waals surface area (Å²) in [6.07, 6.45) is 0.636. The van der Waals surface area contributed by atoms with Crippen LogP contribution < -0.4 is 5.73 Å². The molecule has 1 saturated heterocycles. The summed E-state index contributed by atoms with van der Waals surface area (Å²) in [4.78, 5) is 23.5. The van der Waals surface area contributed by atoms with Crippen LogP contribution >= 0.6 is 0 Å². The van der Waals surface area contributed by atoms with E-state index in [1.54, 1.807) is 6.92 Å². The number of ether oxygens (including phenoxy) is 1. The Hall–Kier alpha value is -1.26. The second-order valence-corrected chi connectivity index (χ2v) is 3.19. The monoisotopic (exact) mass is 186 g/mol. The molecular formula is C8H14N2O3. The van der Waals surface area contributed by atoms with Crippen molar-refractivity contribution < 1.29 is 14.3 Å². The van der Waals surface area contributed by atoms with Crippen molar-refractivity contribution in [2.24, 2.45) is 11.7 Å². The van der Waals surface area contributed by atoms with Gasteiger partial charge in [0.2, 0.25) is 0 Å². The van der Waals surface area contributed by atoms with Crippen LogP contribution in [0.25, 0.3) is 0 Å². The largest absolute Gasteiger partial charge is 0.469 e. The molecule has 0 aromatic heterocycles. The smallest absolute Gasteiger partial charge is 0.315 e. The third-order valence-electron chi connectivity index (χ3n) is 2.54. The summed E-state index contributed by atoms with van der Waals surface area (Å²) in [6, 6.07) is -0.621. The number of carbonyl (C=O) groups is 2. The highest BCUT2D eigenvalue weighted by Crippen LogP contribution is 2.24. The molecule has 74 valence electrons. The zero-order valence-electron chi connectivity index (χ0n) is 7.82. The molecule has 2 N–H and O–H groups in total. The Balaban J connectivity index is 2.65. The van der Waals surface area contributed by atoms with Gasteiger partial charge in [-0.05, 0) is 13.3 Å². The number of nitrogens with two attached hydrogens (primary N) is 1. The molecule has 0 bridgehead atoms. The molecule has 0 radical (unpaired) electrons. The number of likely N-dealkylation sites (tertiary alicyclic amines) is 1. The number of hydrogen-bond acceptors (Lipinski definition) is 3. The maximum absolute atomic E-state index is 11.2. The van der Waals surface area contributed by atoms with E-state index >= 15 is 0 Å². The van der Waals surface area contributed by atoms with Crippen LogP contribution in [0.3, 0.4) is 0 Å². The third-order valence-corrected chi connectivity index (χ3v) is 2.54. The molecule has 0 aromatic carbocycles. The lowest BCUT2D eigenvalue weighted by Gasteiger charge is -2.21. The average Bonchev–Trinajstić information content (AvgIpc) is 2.46. The van der Waals surface area contributed by atoms with Crippen LogP contribution in [0.15, 0.2) is 0 Å². The van der Waals surface area contributed by atoms with Crippen molar-refractivity contribution in [1.82, 2.24) is 4.90 Å². The van der Waals surface area contributed by atoms with Gasteiger partial charge in [0.15, 0.2) is 0 Å². The predicted molar refractivity (Wildman–Crippen MR) is 45.9 cm³/mol. The first kappa shape index (κ1) is 9.83. The molecular weight excluding hydrogens is 172 g/mol. The van der Waals surface area contributed by atoms with Gasteiger partial charge < -0.3 is 15.4 Å². The van der Waals surface area contributed by atoms with Gasteiger partial charge in [-0.15, -0.1) is 0 Å². The van der Waals surface area contributed by atoms with Gasteiger partial charge in [-0.2, -0.15) is 0 Å². The fourth-order valence-corrected chi connectivity index (χ4v) is 1.72. The molecule has 1 fully saturated rings. The predicted octanol–water partition coefficient (Wildman–Crippen LogP) is -0.0515. The molecule has 2 amide bonds. The lowest BCUT2D eigenvalue weighted by atomic mass is 10.0. The highest BCUT2D eigenvalue weighted by molar-refractivity contribution is 5.77. The first-order valence-corrected chi connectivity index (χ1v) is 4.21. The fraction of sp³-hybridized carbons (Fsp3) is 0.750. The van der Waals surface area contributed by atoms with Crippen molar-refractivity contribution in [2.45, 2.75) is 19.4 Å². The third kappa shape index (κ3) is 1.74. The molecule has 0 aromatic rings. The SMILES string of the molecule is COC(=O)C1CCN(C(N)=O)C1C. The number of nitrogens with zero attached hydrogens (tertiary/aromatic N) is 1. The van der Waals surface area contributed by atoms with Crippen LogP contribution in [0.1, 0.15) is 13.3 Å². The van der Waals surface area contributed by atoms with Crippen LogP contribution in [0.2, 0.25) is 0 Å². The summed E-state index contributed by atoms with van der Waals surface area (Å²) in [5, 5.41) is 0. The minimum Gasteiger partial charge on any atom is -0.469 e. The maximum Gasteiger partial charge on any atom is 0.315 e. The second-order valence-electron chi connectivity index (χ2n) is 3.19. The van der Waals surface area contributed by atoms with E-state index < -0.39 is 6.03 Å². The van der Waals surface area contributed by atoms with E-state index in [1.807, 2.05) is 0 Å². The minimum atomic E-state index is -0.473. The van der Waals surface area contributed by atoms with Gasteiger partial charge in [0.1, 0.15) is 0 Å². The molecule has 5 nitrogen and oxygen atoms in total. The van der Waals surface area contributed by atoms with Gasteiger partial charge in [-0.25, -0.2) is 4.79 Å². The summed E-state index contributed by atoms with van der Waals surface area (Å²) < 4.78 is 4.61. The second kappa shape index (κ2) is 3.64. The molecule has 1 aliphatic heterocycles. The number of urea groups is 1. The average molecular weight is 186 g/mol. The minimum absolute atomic E-state index is 0.148. The summed E-state index contributed by atoms with van der Waals surface area (Å²) in [5.74, 6) is -0.492. The van der Waals surface area contributed by atoms with Gasteiger partial charge in [0.25, 0.3) is 0 Å². The Bertz CT molecular complexity index is 229. The highest BCUT2D eigenvalue weighted by Gasteiger charge is 2.37. The maximum atomic E-state index is 11.2. The Morgan fingerprint density at radius 3 is 2.54 bits per heavy atom. The Morgan fingerprint density at radius 2 is 2.15 bits per heavy atom. The lowest BCUT2D eigenvalue weighted by Crippen LogP contribution is -2.41. The van der Waals surface area contributed by atoms with E-state index in [2.05, 4.69) is 4.74 Å². The first-order chi connectivity index (χ1) is 6.07. The topological polar surface area (TPSA) is 72.6 Å². The number of esters is 1. The molecule has 0 saturated carbocycles. The molecule has 1 aliphatic rings. The van der Waals surface area contributed by atoms with Crippen molar-refractivity contribution in [2.75, 3.05) is 13.7 Å². The normalized spacial score (nSPS) is 27.4. The molecule has 0 aliphatic carbocycles. The zero-order valence-corrected chi connectivity index (χ0v) is 7.82. The van der Waals surface area contributed by atoms with Crippen molar-refractivity contribution >= 4 is 12.0 Å². The number of primary amides is 1. The van der Waals surface area contributed by atoms with E-state index in [0.717, 1.165) is 0 Å². The van der Waals surface area contributed by atoms with E-state index in [9.17, 15) is 9.59 Å². The Kier molecular flexibility index (Phi) is 2.75. The first-order valence-electron chi connectivity index (χ1n) is 4.21. The molecule has 0 spiro atoms. The number of carbonyl (C=O) groups excluding carboxylic acids is 2. The van der Waals surface area contributed by atoms with Gasteiger partial charge in [0, 0.05) is 12.6 Å². The van der Waals surface area contributed by atoms with Crippen LogP contribution in [-0.4, -0.2) is 36.6 Å². The van der Waals surface area contributed by atoms with Crippen molar-refractivity contribution in [1.29, 1.82) is 0 Å². The summed E-state index contributed by atoms with van der Waals surface area (Å²) >= 11 is 0. The van der Waals surface area contributed by atoms with E-state index in [-0.39, 0.29) is 17.9 Å². The Morgan fingerprint density at radius 1 is 1.54 bits per heavy atom. The molecule has 2 atom stereocenters. The van der Waals surface area contributed by atoms with Crippen LogP contribution in [0, 0.1) is 5.92 Å². The van der Waals surface area contributed by atoms with E-state index in [1.165, 1.54) is 12.0 Å². The van der Waals surface area contributed by atoms with Gasteiger partial charge in [-0.3, -0.25) is 4.79 Å². The van der Waals surface area contributed by atoms with Crippen molar-refractivity contribution in [3.8, 4) is 0 Å². The molecule has 1 rings (SSSR count). The molecule has 13 heavy (non-hydrogen) atoms. The van der Waals surface area contributed by atoms with Gasteiger partial charge >= 0.3 is 12.0 Å². The van der Waals surface area contributed by atoms with Crippen LogP contribution in [-0.2, 0) is 9.53 Å². The number of rotatable bonds is 1. The number of amides is 2. The lowest BCUT2D eigenvalue weighted by molar-refractivity contribution is -0.145. The molecule has 1 heterocycles. The van der Waals surface area contributed by atoms with Crippen molar-refractivity contribution in [3.63, 3.8) is 0 Å². The van der Waals surface area contributed by atoms with Crippen molar-refractivity contribution in [3.05, 3.63) is 0 Å². The van der Waals surface area contributed by atoms with Gasteiger partial charge in [0.05, 0.1) is 13.0 Å². The highest BCUT2D eigenvalue weighted by atomic mass is 16.5. The van der Waals surface area contributed by atoms with Crippen LogP contribution in [0.5, 0.6) is 0 Å². The summed E-state index contributed by atoms with van der Waals surface area (Å²) in [7, 11) is 1.35. The number of hydrogen-bond donors (Lipinski definition) is 1. The molecule has 5 heteroatoms. The summed E-state index contributed by atoms with van der Waals surface area (Å²) in [6.45, 7) is 2.34. The number of methoxy groups -OCH3 is 1. The van der Waals surface area contributed by atoms with E-state index in [4.69, 9.17) is 5.73 Å². The zero-order chi connectivity index (χ0) is 10.0. The standard InChI is InChI=1S/C8H14N2O3/c1-5-6(7(11)13-2)3-4-10(5)8(9)12/h5-6H,3-4H2,1-2H3,(H2,9,12). The summed E-state index contributed by atoms with van der Waals surface area (Å²) in [5.41, 5.74) is 5.13. The van der Waals surface area contributed by atoms with Gasteiger partial charge in [-0.1, -0.05) is 0 Å². The molecule has 2 unspecified atom stereocenters. The van der Waals surface area contributed by atoms with Crippen LogP contribution in [0.4, 0.5) is 4.79 Å². The Labute approximate surface area is 76.8 Å². The quantitative estimate of drug-likeness (QED) is 0.583. The van der Waals surface area contributed by atoms with E-state index in [0.29, 0.717) is 13.0 Å². The fourth-order valence-electron chi connectivity index (χ4n) is 1.72.